The number of amides is 1. The number of nitrogens with zero attached hydrogens (tertiary/aromatic N) is 4. The molecule has 2 bridgehead atoms. The van der Waals surface area contributed by atoms with Gasteiger partial charge in [-0.1, -0.05) is 25.3 Å². The van der Waals surface area contributed by atoms with Gasteiger partial charge in [0.05, 0.1) is 29.7 Å². The van der Waals surface area contributed by atoms with Crippen molar-refractivity contribution in [3.05, 3.63) is 47.7 Å². The van der Waals surface area contributed by atoms with Crippen LogP contribution in [0.4, 0.5) is 14.6 Å². The molecule has 13 heteroatoms. The molecular weight excluding hydrogens is 632 g/mol. The molecule has 6 rings (SSSR count). The van der Waals surface area contributed by atoms with Crippen LogP contribution in [0.3, 0.4) is 0 Å². The molecule has 1 saturated heterocycles. The molecule has 49 heavy (non-hydrogen) atoms. The zero-order valence-corrected chi connectivity index (χ0v) is 27.7. The van der Waals surface area contributed by atoms with Crippen LogP contribution >= 0.6 is 0 Å². The van der Waals surface area contributed by atoms with Crippen LogP contribution in [-0.2, 0) is 9.53 Å². The number of terminal acetylenes is 1. The number of likely N-dealkylation sites (tertiary alicyclic amines) is 1. The fraction of sp³-hybridized carbons (Fsp3) is 0.444. The molecule has 0 aliphatic carbocycles. The van der Waals surface area contributed by atoms with Crippen molar-refractivity contribution in [1.29, 1.82) is 0 Å². The number of halogens is 2. The number of carbonyl (C=O) groups excluding carboxylic acids is 1. The van der Waals surface area contributed by atoms with Gasteiger partial charge in [0.15, 0.2) is 5.82 Å². The zero-order valence-electron chi connectivity index (χ0n) is 27.7. The van der Waals surface area contributed by atoms with E-state index in [0.717, 1.165) is 38.8 Å². The topological polar surface area (TPSA) is 134 Å². The van der Waals surface area contributed by atoms with Crippen molar-refractivity contribution >= 4 is 33.4 Å². The minimum absolute atomic E-state index is 0.0630. The van der Waals surface area contributed by atoms with E-state index in [9.17, 15) is 14.3 Å². The number of fused-ring (bicyclic) bond motifs is 5. The monoisotopic (exact) mass is 673 g/mol. The van der Waals surface area contributed by atoms with Crippen molar-refractivity contribution in [2.75, 3.05) is 58.4 Å². The summed E-state index contributed by atoms with van der Waals surface area (Å²) in [5.74, 6) is 0.926. The Morgan fingerprint density at radius 3 is 2.88 bits per heavy atom. The number of anilines is 1. The molecule has 1 amide bonds. The average molecular weight is 674 g/mol. The predicted octanol–water partition coefficient (Wildman–Crippen LogP) is 4.36. The van der Waals surface area contributed by atoms with Gasteiger partial charge in [-0.05, 0) is 63.0 Å². The van der Waals surface area contributed by atoms with Crippen molar-refractivity contribution in [1.82, 2.24) is 30.5 Å². The van der Waals surface area contributed by atoms with E-state index in [1.807, 2.05) is 7.05 Å². The van der Waals surface area contributed by atoms with Crippen LogP contribution < -0.4 is 20.7 Å². The van der Waals surface area contributed by atoms with Crippen LogP contribution in [0.15, 0.2) is 30.5 Å². The van der Waals surface area contributed by atoms with Crippen molar-refractivity contribution in [2.24, 2.45) is 0 Å². The first-order chi connectivity index (χ1) is 23.7. The summed E-state index contributed by atoms with van der Waals surface area (Å²) in [5, 5.41) is 21.4. The van der Waals surface area contributed by atoms with Crippen LogP contribution in [0.2, 0.25) is 0 Å². The Hall–Kier alpha value is -4.64. The van der Waals surface area contributed by atoms with E-state index in [1.165, 1.54) is 30.5 Å². The highest BCUT2D eigenvalue weighted by atomic mass is 19.1. The summed E-state index contributed by atoms with van der Waals surface area (Å²) >= 11 is 0. The molecule has 2 aromatic heterocycles. The Morgan fingerprint density at radius 1 is 1.24 bits per heavy atom. The highest BCUT2D eigenvalue weighted by molar-refractivity contribution is 6.03. The summed E-state index contributed by atoms with van der Waals surface area (Å²) in [7, 11) is 1.98. The summed E-state index contributed by atoms with van der Waals surface area (Å²) in [5.41, 5.74) is -0.728. The third-order valence-electron chi connectivity index (χ3n) is 9.42. The molecule has 2 atom stereocenters. The van der Waals surface area contributed by atoms with Crippen LogP contribution in [0.1, 0.15) is 44.6 Å². The molecular formula is C36H41F2N7O4. The van der Waals surface area contributed by atoms with E-state index in [-0.39, 0.29) is 71.1 Å². The lowest BCUT2D eigenvalue weighted by atomic mass is 9.96. The first-order valence-electron chi connectivity index (χ1n) is 16.7. The second-order valence-electron chi connectivity index (χ2n) is 12.7. The van der Waals surface area contributed by atoms with Crippen LogP contribution in [0.5, 0.6) is 11.8 Å². The maximum atomic E-state index is 16.8. The molecule has 4 aromatic rings. The highest BCUT2D eigenvalue weighted by Crippen LogP contribution is 2.38. The van der Waals surface area contributed by atoms with Gasteiger partial charge in [-0.3, -0.25) is 14.7 Å². The van der Waals surface area contributed by atoms with Crippen molar-refractivity contribution < 1.29 is 28.2 Å². The molecule has 1 spiro atoms. The fourth-order valence-corrected chi connectivity index (χ4v) is 6.54. The van der Waals surface area contributed by atoms with Gasteiger partial charge in [-0.15, -0.1) is 6.42 Å². The number of aromatic hydroxyl groups is 1. The average Bonchev–Trinajstić information content (AvgIpc) is 3.46. The quantitative estimate of drug-likeness (QED) is 0.179. The van der Waals surface area contributed by atoms with Crippen molar-refractivity contribution in [2.45, 2.75) is 50.6 Å². The van der Waals surface area contributed by atoms with Gasteiger partial charge in [0.25, 0.3) is 0 Å². The third-order valence-corrected chi connectivity index (χ3v) is 9.42. The Kier molecular flexibility index (Phi) is 10.4. The van der Waals surface area contributed by atoms with Crippen LogP contribution in [-0.4, -0.2) is 95.5 Å². The maximum absolute atomic E-state index is 16.8. The van der Waals surface area contributed by atoms with E-state index < -0.39 is 17.2 Å². The van der Waals surface area contributed by atoms with Crippen LogP contribution in [0, 0.1) is 24.0 Å². The minimum Gasteiger partial charge on any atom is -0.508 e. The standard InChI is InChI=1S/C36H41F2N7O4/c1-4-6-12-39-23-17-41-34-27-18-40-32(26-16-24(46)15-22-8-9-28(37)25(5-2)30(22)26)31(38)33(27)43-35(44-34)49-21-36(11-7-13-45(36)3)20-42-29(47)10-14-48-19-23/h2,8-9,15-16,18,23,39,46H,4,6-7,10-14,17,19-21H2,1,3H3,(H,42,47)(H,41,43,44)/t23?,36-/m1/s1. The number of rotatable bonds is 5. The molecule has 1 fully saturated rings. The molecule has 4 N–H and O–H groups in total. The normalized spacial score (nSPS) is 21.0. The smallest absolute Gasteiger partial charge is 0.319 e. The number of hydrogen-bond acceptors (Lipinski definition) is 10. The van der Waals surface area contributed by atoms with Crippen molar-refractivity contribution in [3.63, 3.8) is 0 Å². The molecule has 4 heterocycles. The number of phenolic OH excluding ortho intramolecular Hbond substituents is 1. The molecule has 11 nitrogen and oxygen atoms in total. The van der Waals surface area contributed by atoms with E-state index >= 15 is 4.39 Å². The summed E-state index contributed by atoms with van der Waals surface area (Å²) in [4.78, 5) is 28.5. The van der Waals surface area contributed by atoms with Crippen molar-refractivity contribution in [3.8, 4) is 35.4 Å². The summed E-state index contributed by atoms with van der Waals surface area (Å²) in [6, 6.07) is 5.20. The number of likely N-dealkylation sites (N-methyl/N-ethyl adjacent to an activating group) is 1. The second kappa shape index (κ2) is 14.9. The predicted molar refractivity (Wildman–Crippen MR) is 184 cm³/mol. The third kappa shape index (κ3) is 7.22. The Bertz CT molecular complexity index is 1900. The van der Waals surface area contributed by atoms with Gasteiger partial charge in [-0.2, -0.15) is 9.97 Å². The first kappa shape index (κ1) is 34.2. The lowest BCUT2D eigenvalue weighted by molar-refractivity contribution is -0.122. The molecule has 0 saturated carbocycles. The van der Waals surface area contributed by atoms with E-state index in [2.05, 4.69) is 48.6 Å². The van der Waals surface area contributed by atoms with Gasteiger partial charge in [0, 0.05) is 42.7 Å². The number of ether oxygens (including phenoxy) is 2. The van der Waals surface area contributed by atoms with E-state index in [1.54, 1.807) is 0 Å². The second-order valence-corrected chi connectivity index (χ2v) is 12.7. The number of aromatic nitrogens is 3. The molecule has 0 radical (unpaired) electrons. The number of benzene rings is 2. The maximum Gasteiger partial charge on any atom is 0.319 e. The largest absolute Gasteiger partial charge is 0.508 e. The number of unbranched alkanes of at least 4 members (excludes halogenated alkanes) is 1. The zero-order chi connectivity index (χ0) is 34.5. The summed E-state index contributed by atoms with van der Waals surface area (Å²) in [6.45, 7) is 5.15. The lowest BCUT2D eigenvalue weighted by Crippen LogP contribution is -2.54. The first-order valence-corrected chi connectivity index (χ1v) is 16.7. The minimum atomic E-state index is -0.817. The number of phenols is 1. The summed E-state index contributed by atoms with van der Waals surface area (Å²) in [6.07, 6.45) is 11.0. The Labute approximate surface area is 283 Å². The Morgan fingerprint density at radius 2 is 2.10 bits per heavy atom. The molecule has 258 valence electrons. The fourth-order valence-electron chi connectivity index (χ4n) is 6.54. The molecule has 2 aromatic carbocycles. The molecule has 2 aliphatic rings. The van der Waals surface area contributed by atoms with Gasteiger partial charge in [0.1, 0.15) is 35.2 Å². The molecule has 1 unspecified atom stereocenters. The van der Waals surface area contributed by atoms with Gasteiger partial charge in [-0.25, -0.2) is 8.78 Å². The summed E-state index contributed by atoms with van der Waals surface area (Å²) < 4.78 is 43.8. The van der Waals surface area contributed by atoms with Gasteiger partial charge in [0.2, 0.25) is 5.91 Å². The number of nitrogens with one attached hydrogen (secondary N) is 3. The van der Waals surface area contributed by atoms with E-state index in [0.29, 0.717) is 36.3 Å². The number of pyridine rings is 1. The number of hydrogen-bond donors (Lipinski definition) is 4. The Balaban J connectivity index is 1.46. The molecule has 2 aliphatic heterocycles. The van der Waals surface area contributed by atoms with Crippen LogP contribution in [0.25, 0.3) is 32.9 Å². The van der Waals surface area contributed by atoms with Gasteiger partial charge < -0.3 is 30.5 Å². The lowest BCUT2D eigenvalue weighted by Gasteiger charge is -2.35. The van der Waals surface area contributed by atoms with Gasteiger partial charge >= 0.3 is 6.01 Å². The number of carbonyl (C=O) groups is 1. The highest BCUT2D eigenvalue weighted by Gasteiger charge is 2.40. The SMILES string of the molecule is C#Cc1c(F)ccc2cc(O)cc(-c3ncc4c5nc(nc4c3F)OC[C@@]3(CCCN3C)CNC(=O)CCOCC(NCCCC)CN5)c12. The van der Waals surface area contributed by atoms with E-state index in [4.69, 9.17) is 15.9 Å².